The number of amides is 1. The second-order valence-electron chi connectivity index (χ2n) is 4.26. The van der Waals surface area contributed by atoms with E-state index in [0.717, 1.165) is 18.5 Å². The van der Waals surface area contributed by atoms with E-state index in [2.05, 4.69) is 0 Å². The largest absolute Gasteiger partial charge is 0.337 e. The minimum Gasteiger partial charge on any atom is -0.337 e. The number of nitrogens with zero attached hydrogens (tertiary/aromatic N) is 1. The van der Waals surface area contributed by atoms with Gasteiger partial charge < -0.3 is 10.6 Å². The SMILES string of the molecule is Cc1ccc(C(=O)N2CC[C@@H](N)C2)cc1Cl. The van der Waals surface area contributed by atoms with E-state index in [0.29, 0.717) is 17.1 Å². The summed E-state index contributed by atoms with van der Waals surface area (Å²) in [5.41, 5.74) is 7.40. The van der Waals surface area contributed by atoms with Crippen LogP contribution in [0.3, 0.4) is 0 Å². The number of hydrogen-bond acceptors (Lipinski definition) is 2. The second-order valence-corrected chi connectivity index (χ2v) is 4.67. The summed E-state index contributed by atoms with van der Waals surface area (Å²) < 4.78 is 0. The van der Waals surface area contributed by atoms with Gasteiger partial charge in [0.25, 0.3) is 5.91 Å². The Labute approximate surface area is 100 Å². The first kappa shape index (κ1) is 11.4. The summed E-state index contributed by atoms with van der Waals surface area (Å²) in [6, 6.07) is 5.52. The first-order chi connectivity index (χ1) is 7.58. The summed E-state index contributed by atoms with van der Waals surface area (Å²) in [5, 5.41) is 0.634. The van der Waals surface area contributed by atoms with Crippen molar-refractivity contribution >= 4 is 17.5 Å². The highest BCUT2D eigenvalue weighted by molar-refractivity contribution is 6.31. The Morgan fingerprint density at radius 3 is 2.88 bits per heavy atom. The van der Waals surface area contributed by atoms with E-state index in [9.17, 15) is 4.79 Å². The monoisotopic (exact) mass is 238 g/mol. The number of likely N-dealkylation sites (tertiary alicyclic amines) is 1. The fourth-order valence-corrected chi connectivity index (χ4v) is 2.06. The van der Waals surface area contributed by atoms with Crippen molar-refractivity contribution in [3.05, 3.63) is 34.3 Å². The van der Waals surface area contributed by atoms with Gasteiger partial charge in [-0.2, -0.15) is 0 Å². The average Bonchev–Trinajstić information content (AvgIpc) is 2.68. The summed E-state index contributed by atoms with van der Waals surface area (Å²) in [7, 11) is 0. The van der Waals surface area contributed by atoms with Crippen LogP contribution in [0.5, 0.6) is 0 Å². The predicted octanol–water partition coefficient (Wildman–Crippen LogP) is 1.82. The zero-order chi connectivity index (χ0) is 11.7. The normalized spacial score (nSPS) is 20.2. The molecule has 1 aliphatic heterocycles. The van der Waals surface area contributed by atoms with Gasteiger partial charge in [0.1, 0.15) is 0 Å². The fraction of sp³-hybridized carbons (Fsp3) is 0.417. The van der Waals surface area contributed by atoms with Gasteiger partial charge in [-0.25, -0.2) is 0 Å². The third-order valence-electron chi connectivity index (χ3n) is 2.93. The molecule has 2 N–H and O–H groups in total. The second kappa shape index (κ2) is 4.44. The van der Waals surface area contributed by atoms with Crippen LogP contribution in [0.25, 0.3) is 0 Å². The van der Waals surface area contributed by atoms with E-state index in [-0.39, 0.29) is 11.9 Å². The van der Waals surface area contributed by atoms with Crippen molar-refractivity contribution in [3.63, 3.8) is 0 Å². The van der Waals surface area contributed by atoms with Gasteiger partial charge in [-0.1, -0.05) is 17.7 Å². The number of nitrogens with two attached hydrogens (primary N) is 1. The first-order valence-corrected chi connectivity index (χ1v) is 5.76. The van der Waals surface area contributed by atoms with Gasteiger partial charge in [0.15, 0.2) is 0 Å². The summed E-state index contributed by atoms with van der Waals surface area (Å²) >= 11 is 6.00. The Bertz CT molecular complexity index is 419. The topological polar surface area (TPSA) is 46.3 Å². The average molecular weight is 239 g/mol. The van der Waals surface area contributed by atoms with Crippen molar-refractivity contribution in [2.45, 2.75) is 19.4 Å². The number of aryl methyl sites for hydroxylation is 1. The van der Waals surface area contributed by atoms with Crippen molar-refractivity contribution in [2.75, 3.05) is 13.1 Å². The van der Waals surface area contributed by atoms with Crippen LogP contribution in [-0.4, -0.2) is 29.9 Å². The molecule has 1 saturated heterocycles. The minimum atomic E-state index is 0.0230. The van der Waals surface area contributed by atoms with Gasteiger partial charge in [-0.3, -0.25) is 4.79 Å². The number of carbonyl (C=O) groups is 1. The van der Waals surface area contributed by atoms with Crippen LogP contribution in [-0.2, 0) is 0 Å². The van der Waals surface area contributed by atoms with Crippen LogP contribution in [0, 0.1) is 6.92 Å². The highest BCUT2D eigenvalue weighted by atomic mass is 35.5. The molecule has 3 nitrogen and oxygen atoms in total. The summed E-state index contributed by atoms with van der Waals surface area (Å²) in [4.78, 5) is 13.9. The smallest absolute Gasteiger partial charge is 0.253 e. The Kier molecular flexibility index (Phi) is 3.17. The van der Waals surface area contributed by atoms with Crippen LogP contribution < -0.4 is 5.73 Å². The van der Waals surface area contributed by atoms with E-state index in [4.69, 9.17) is 17.3 Å². The molecule has 0 radical (unpaired) electrons. The van der Waals surface area contributed by atoms with Crippen molar-refractivity contribution in [2.24, 2.45) is 5.73 Å². The molecule has 0 unspecified atom stereocenters. The number of carbonyl (C=O) groups excluding carboxylic acids is 1. The molecule has 0 saturated carbocycles. The molecule has 1 atom stereocenters. The number of halogens is 1. The van der Waals surface area contributed by atoms with Gasteiger partial charge in [-0.05, 0) is 31.0 Å². The van der Waals surface area contributed by atoms with Crippen LogP contribution in [0.2, 0.25) is 5.02 Å². The van der Waals surface area contributed by atoms with Gasteiger partial charge in [0, 0.05) is 29.7 Å². The zero-order valence-corrected chi connectivity index (χ0v) is 10.00. The van der Waals surface area contributed by atoms with Gasteiger partial charge >= 0.3 is 0 Å². The molecule has 0 aromatic heterocycles. The molecule has 0 spiro atoms. The highest BCUT2D eigenvalue weighted by Crippen LogP contribution is 2.19. The van der Waals surface area contributed by atoms with Crippen LogP contribution in [0.4, 0.5) is 0 Å². The fourth-order valence-electron chi connectivity index (χ4n) is 1.88. The zero-order valence-electron chi connectivity index (χ0n) is 9.24. The van der Waals surface area contributed by atoms with Crippen LogP contribution in [0.15, 0.2) is 18.2 Å². The third-order valence-corrected chi connectivity index (χ3v) is 3.34. The lowest BCUT2D eigenvalue weighted by Gasteiger charge is -2.16. The van der Waals surface area contributed by atoms with E-state index in [1.165, 1.54) is 0 Å². The molecular weight excluding hydrogens is 224 g/mol. The summed E-state index contributed by atoms with van der Waals surface area (Å²) in [5.74, 6) is 0.0230. The number of hydrogen-bond donors (Lipinski definition) is 1. The standard InChI is InChI=1S/C12H15ClN2O/c1-8-2-3-9(6-11(8)13)12(16)15-5-4-10(14)7-15/h2-3,6,10H,4-5,7,14H2,1H3/t10-/m1/s1. The molecule has 2 rings (SSSR count). The van der Waals surface area contributed by atoms with Crippen LogP contribution >= 0.6 is 11.6 Å². The summed E-state index contributed by atoms with van der Waals surface area (Å²) in [6.07, 6.45) is 0.880. The number of rotatable bonds is 1. The van der Waals surface area contributed by atoms with Gasteiger partial charge in [0.2, 0.25) is 0 Å². The molecule has 86 valence electrons. The lowest BCUT2D eigenvalue weighted by Crippen LogP contribution is -2.31. The quantitative estimate of drug-likeness (QED) is 0.811. The highest BCUT2D eigenvalue weighted by Gasteiger charge is 2.24. The Morgan fingerprint density at radius 2 is 2.31 bits per heavy atom. The molecule has 1 fully saturated rings. The van der Waals surface area contributed by atoms with Gasteiger partial charge in [-0.15, -0.1) is 0 Å². The maximum atomic E-state index is 12.1. The molecule has 0 bridgehead atoms. The first-order valence-electron chi connectivity index (χ1n) is 5.39. The maximum Gasteiger partial charge on any atom is 0.253 e. The van der Waals surface area contributed by atoms with Crippen molar-refractivity contribution in [1.82, 2.24) is 4.90 Å². The van der Waals surface area contributed by atoms with E-state index < -0.39 is 0 Å². The van der Waals surface area contributed by atoms with Crippen molar-refractivity contribution < 1.29 is 4.79 Å². The molecule has 16 heavy (non-hydrogen) atoms. The van der Waals surface area contributed by atoms with Crippen molar-refractivity contribution in [1.29, 1.82) is 0 Å². The lowest BCUT2D eigenvalue weighted by molar-refractivity contribution is 0.0791. The van der Waals surface area contributed by atoms with E-state index >= 15 is 0 Å². The molecule has 1 aromatic rings. The molecule has 1 heterocycles. The van der Waals surface area contributed by atoms with Crippen molar-refractivity contribution in [3.8, 4) is 0 Å². The minimum absolute atomic E-state index is 0.0230. The van der Waals surface area contributed by atoms with E-state index in [1.807, 2.05) is 19.1 Å². The molecule has 0 aliphatic carbocycles. The maximum absolute atomic E-state index is 12.1. The Morgan fingerprint density at radius 1 is 1.56 bits per heavy atom. The Balaban J connectivity index is 2.18. The molecule has 1 amide bonds. The third kappa shape index (κ3) is 2.20. The lowest BCUT2D eigenvalue weighted by atomic mass is 10.1. The number of benzene rings is 1. The molecular formula is C12H15ClN2O. The molecule has 1 aromatic carbocycles. The van der Waals surface area contributed by atoms with E-state index in [1.54, 1.807) is 11.0 Å². The molecule has 1 aliphatic rings. The van der Waals surface area contributed by atoms with Crippen LogP contribution in [0.1, 0.15) is 22.3 Å². The Hall–Kier alpha value is -1.06. The molecule has 4 heteroatoms. The summed E-state index contributed by atoms with van der Waals surface area (Å²) in [6.45, 7) is 3.30. The predicted molar refractivity (Wildman–Crippen MR) is 64.7 cm³/mol. The van der Waals surface area contributed by atoms with Gasteiger partial charge in [0.05, 0.1) is 0 Å².